The van der Waals surface area contributed by atoms with Gasteiger partial charge >= 0.3 is 0 Å². The van der Waals surface area contributed by atoms with Crippen LogP contribution >= 0.6 is 39.3 Å². The normalized spacial score (nSPS) is 12.4. The molecule has 0 radical (unpaired) electrons. The first-order chi connectivity index (χ1) is 10.1. The van der Waals surface area contributed by atoms with Gasteiger partial charge in [0.05, 0.1) is 0 Å². The molecule has 0 aromatic heterocycles. The molecule has 0 heterocycles. The lowest BCUT2D eigenvalue weighted by Crippen LogP contribution is -2.21. The van der Waals surface area contributed by atoms with Gasteiger partial charge in [-0.3, -0.25) is 0 Å². The quantitative estimate of drug-likeness (QED) is 0.649. The van der Waals surface area contributed by atoms with Gasteiger partial charge in [-0.25, -0.2) is 0 Å². The summed E-state index contributed by atoms with van der Waals surface area (Å²) in [5.74, 6) is 0.867. The van der Waals surface area contributed by atoms with Crippen molar-refractivity contribution in [3.8, 4) is 0 Å². The van der Waals surface area contributed by atoms with Gasteiger partial charge in [-0.05, 0) is 58.1 Å². The van der Waals surface area contributed by atoms with Gasteiger partial charge in [0, 0.05) is 26.2 Å². The van der Waals surface area contributed by atoms with E-state index >= 15 is 0 Å². The maximum Gasteiger partial charge on any atom is 0.0446 e. The molecule has 2 aromatic carbocycles. The van der Waals surface area contributed by atoms with E-state index in [4.69, 9.17) is 17.3 Å². The Bertz CT molecular complexity index is 603. The van der Waals surface area contributed by atoms with Crippen molar-refractivity contribution in [2.24, 2.45) is 5.73 Å². The minimum absolute atomic E-state index is 0.235. The van der Waals surface area contributed by atoms with E-state index < -0.39 is 0 Å². The fourth-order valence-electron chi connectivity index (χ4n) is 2.01. The molecule has 4 heteroatoms. The Morgan fingerprint density at radius 3 is 2.67 bits per heavy atom. The summed E-state index contributed by atoms with van der Waals surface area (Å²) in [5, 5.41) is 0.826. The van der Waals surface area contributed by atoms with Gasteiger partial charge in [-0.1, -0.05) is 42.8 Å². The van der Waals surface area contributed by atoms with E-state index in [9.17, 15) is 0 Å². The van der Waals surface area contributed by atoms with E-state index in [1.807, 2.05) is 18.2 Å². The van der Waals surface area contributed by atoms with E-state index in [2.05, 4.69) is 47.1 Å². The molecule has 2 N–H and O–H groups in total. The third-order valence-electron chi connectivity index (χ3n) is 3.36. The minimum Gasteiger partial charge on any atom is -0.327 e. The third kappa shape index (κ3) is 5.03. The lowest BCUT2D eigenvalue weighted by Gasteiger charge is -2.11. The van der Waals surface area contributed by atoms with Crippen molar-refractivity contribution in [1.82, 2.24) is 0 Å². The summed E-state index contributed by atoms with van der Waals surface area (Å²) in [6.45, 7) is 2.12. The van der Waals surface area contributed by atoms with Crippen molar-refractivity contribution < 1.29 is 0 Å². The average molecular weight is 385 g/mol. The first-order valence-electron chi connectivity index (χ1n) is 7.00. The molecular formula is C17H19BrClNS. The number of nitrogens with two attached hydrogens (primary N) is 1. The Morgan fingerprint density at radius 1 is 1.24 bits per heavy atom. The molecule has 1 nitrogen and oxygen atoms in total. The van der Waals surface area contributed by atoms with Crippen molar-refractivity contribution in [2.75, 3.05) is 0 Å². The smallest absolute Gasteiger partial charge is 0.0446 e. The number of thioether (sulfide) groups is 1. The predicted molar refractivity (Wildman–Crippen MR) is 97.1 cm³/mol. The molecule has 0 aliphatic carbocycles. The summed E-state index contributed by atoms with van der Waals surface area (Å²) in [7, 11) is 0. The maximum atomic E-state index is 6.19. The lowest BCUT2D eigenvalue weighted by atomic mass is 10.1. The maximum absolute atomic E-state index is 6.19. The summed E-state index contributed by atoms with van der Waals surface area (Å²) < 4.78 is 1.13. The third-order valence-corrected chi connectivity index (χ3v) is 5.77. The molecule has 0 aliphatic rings. The van der Waals surface area contributed by atoms with Gasteiger partial charge < -0.3 is 5.73 Å². The van der Waals surface area contributed by atoms with Crippen LogP contribution in [0.1, 0.15) is 24.5 Å². The molecule has 2 rings (SSSR count). The van der Waals surface area contributed by atoms with Crippen molar-refractivity contribution in [2.45, 2.75) is 36.5 Å². The Labute approximate surface area is 144 Å². The molecular weight excluding hydrogens is 366 g/mol. The first-order valence-corrected chi connectivity index (χ1v) is 9.16. The zero-order chi connectivity index (χ0) is 15.2. The van der Waals surface area contributed by atoms with E-state index in [0.29, 0.717) is 0 Å². The first kappa shape index (κ1) is 16.9. The highest BCUT2D eigenvalue weighted by molar-refractivity contribution is 9.10. The zero-order valence-corrected chi connectivity index (χ0v) is 15.1. The molecule has 112 valence electrons. The standard InChI is InChI=1S/C17H19BrClNS/c1-2-14(20)9-12-7-8-17(15(18)10-12)21-11-13-5-3-4-6-16(13)19/h3-8,10,14H,2,9,11,20H2,1H3. The van der Waals surface area contributed by atoms with Gasteiger partial charge in [0.25, 0.3) is 0 Å². The predicted octanol–water partition coefficient (Wildman–Crippen LogP) is 5.67. The molecule has 0 saturated heterocycles. The highest BCUT2D eigenvalue weighted by Crippen LogP contribution is 2.32. The van der Waals surface area contributed by atoms with Crippen LogP contribution < -0.4 is 5.73 Å². The van der Waals surface area contributed by atoms with Crippen molar-refractivity contribution in [1.29, 1.82) is 0 Å². The largest absolute Gasteiger partial charge is 0.327 e. The van der Waals surface area contributed by atoms with Crippen LogP contribution in [0.4, 0.5) is 0 Å². The van der Waals surface area contributed by atoms with Gasteiger partial charge in [-0.2, -0.15) is 0 Å². The van der Waals surface area contributed by atoms with Crippen LogP contribution in [-0.2, 0) is 12.2 Å². The van der Waals surface area contributed by atoms with Crippen LogP contribution in [0, 0.1) is 0 Å². The topological polar surface area (TPSA) is 26.0 Å². The molecule has 2 aromatic rings. The average Bonchev–Trinajstić information content (AvgIpc) is 2.48. The minimum atomic E-state index is 0.235. The molecule has 0 spiro atoms. The monoisotopic (exact) mass is 383 g/mol. The van der Waals surface area contributed by atoms with Crippen LogP contribution in [-0.4, -0.2) is 6.04 Å². The summed E-state index contributed by atoms with van der Waals surface area (Å²) in [4.78, 5) is 1.23. The molecule has 0 fully saturated rings. The fraction of sp³-hybridized carbons (Fsp3) is 0.294. The summed E-state index contributed by atoms with van der Waals surface area (Å²) in [6, 6.07) is 14.7. The molecule has 21 heavy (non-hydrogen) atoms. The Kier molecular flexibility index (Phi) is 6.62. The van der Waals surface area contributed by atoms with Gasteiger partial charge in [0.2, 0.25) is 0 Å². The molecule has 1 unspecified atom stereocenters. The van der Waals surface area contributed by atoms with Crippen LogP contribution in [0.15, 0.2) is 51.8 Å². The highest BCUT2D eigenvalue weighted by Gasteiger charge is 2.07. The van der Waals surface area contributed by atoms with Crippen molar-refractivity contribution in [3.63, 3.8) is 0 Å². The van der Waals surface area contributed by atoms with Crippen LogP contribution in [0.5, 0.6) is 0 Å². The molecule has 1 atom stereocenters. The molecule has 0 bridgehead atoms. The van der Waals surface area contributed by atoms with E-state index in [1.54, 1.807) is 11.8 Å². The van der Waals surface area contributed by atoms with Gasteiger partial charge in [0.15, 0.2) is 0 Å². The number of rotatable bonds is 6. The second kappa shape index (κ2) is 8.23. The summed E-state index contributed by atoms with van der Waals surface area (Å²) in [6.07, 6.45) is 1.92. The van der Waals surface area contributed by atoms with E-state index in [-0.39, 0.29) is 6.04 Å². The van der Waals surface area contributed by atoms with Crippen LogP contribution in [0.2, 0.25) is 5.02 Å². The molecule has 0 aliphatic heterocycles. The van der Waals surface area contributed by atoms with E-state index in [0.717, 1.165) is 33.7 Å². The van der Waals surface area contributed by atoms with Crippen molar-refractivity contribution in [3.05, 3.63) is 63.1 Å². The number of hydrogen-bond acceptors (Lipinski definition) is 2. The number of hydrogen-bond donors (Lipinski definition) is 1. The van der Waals surface area contributed by atoms with E-state index in [1.165, 1.54) is 10.5 Å². The van der Waals surface area contributed by atoms with Gasteiger partial charge in [-0.15, -0.1) is 11.8 Å². The van der Waals surface area contributed by atoms with Crippen molar-refractivity contribution >= 4 is 39.3 Å². The van der Waals surface area contributed by atoms with Gasteiger partial charge in [0.1, 0.15) is 0 Å². The number of halogens is 2. The summed E-state index contributed by atoms with van der Waals surface area (Å²) in [5.41, 5.74) is 8.45. The Balaban J connectivity index is 2.03. The Hall–Kier alpha value is -0.480. The zero-order valence-electron chi connectivity index (χ0n) is 12.0. The second-order valence-electron chi connectivity index (χ2n) is 5.02. The number of benzene rings is 2. The second-order valence-corrected chi connectivity index (χ2v) is 7.30. The van der Waals surface area contributed by atoms with Crippen LogP contribution in [0.25, 0.3) is 0 Å². The lowest BCUT2D eigenvalue weighted by molar-refractivity contribution is 0.646. The SMILES string of the molecule is CCC(N)Cc1ccc(SCc2ccccc2Cl)c(Br)c1. The molecule has 0 amide bonds. The van der Waals surface area contributed by atoms with Crippen LogP contribution in [0.3, 0.4) is 0 Å². The summed E-state index contributed by atoms with van der Waals surface area (Å²) >= 11 is 11.6. The Morgan fingerprint density at radius 2 is 2.00 bits per heavy atom. The fourth-order valence-corrected chi connectivity index (χ4v) is 3.98. The highest BCUT2D eigenvalue weighted by atomic mass is 79.9. The molecule has 0 saturated carbocycles.